The van der Waals surface area contributed by atoms with Crippen molar-refractivity contribution in [2.75, 3.05) is 11.1 Å². The highest BCUT2D eigenvalue weighted by Gasteiger charge is 2.20. The predicted molar refractivity (Wildman–Crippen MR) is 106 cm³/mol. The van der Waals surface area contributed by atoms with Crippen LogP contribution in [-0.2, 0) is 17.6 Å². The van der Waals surface area contributed by atoms with Gasteiger partial charge in [0, 0.05) is 16.9 Å². The van der Waals surface area contributed by atoms with E-state index in [-0.39, 0.29) is 17.2 Å². The van der Waals surface area contributed by atoms with E-state index in [0.29, 0.717) is 10.9 Å². The van der Waals surface area contributed by atoms with Gasteiger partial charge in [-0.3, -0.25) is 19.0 Å². The summed E-state index contributed by atoms with van der Waals surface area (Å²) < 4.78 is 1.89. The van der Waals surface area contributed by atoms with Crippen LogP contribution in [0.2, 0.25) is 0 Å². The smallest absolute Gasteiger partial charge is 0.255 e. The second-order valence-electron chi connectivity index (χ2n) is 6.88. The van der Waals surface area contributed by atoms with Gasteiger partial charge in [-0.15, -0.1) is 10.2 Å². The Morgan fingerprint density at radius 1 is 1.26 bits per heavy atom. The highest BCUT2D eigenvalue weighted by Crippen LogP contribution is 2.24. The van der Waals surface area contributed by atoms with Crippen molar-refractivity contribution in [3.05, 3.63) is 50.9 Å². The maximum Gasteiger partial charge on any atom is 0.255 e. The maximum absolute atomic E-state index is 12.4. The fraction of sp³-hybridized carbons (Fsp3) is 0.368. The third-order valence-electron chi connectivity index (χ3n) is 4.84. The van der Waals surface area contributed by atoms with Crippen LogP contribution in [0, 0.1) is 13.8 Å². The summed E-state index contributed by atoms with van der Waals surface area (Å²) in [6.07, 6.45) is 3.66. The van der Waals surface area contributed by atoms with E-state index in [1.807, 2.05) is 36.4 Å². The van der Waals surface area contributed by atoms with E-state index in [1.165, 1.54) is 11.8 Å². The van der Waals surface area contributed by atoms with E-state index >= 15 is 0 Å². The van der Waals surface area contributed by atoms with Crippen molar-refractivity contribution in [2.24, 2.45) is 0 Å². The lowest BCUT2D eigenvalue weighted by Crippen LogP contribution is -2.23. The van der Waals surface area contributed by atoms with Crippen molar-refractivity contribution in [3.63, 3.8) is 0 Å². The number of nitrogens with zero attached hydrogens (tertiary/aromatic N) is 3. The van der Waals surface area contributed by atoms with Crippen molar-refractivity contribution < 1.29 is 4.79 Å². The van der Waals surface area contributed by atoms with Crippen LogP contribution in [0.4, 0.5) is 5.69 Å². The third-order valence-corrected chi connectivity index (χ3v) is 5.77. The van der Waals surface area contributed by atoms with Crippen molar-refractivity contribution in [3.8, 4) is 0 Å². The molecule has 1 aliphatic rings. The summed E-state index contributed by atoms with van der Waals surface area (Å²) in [4.78, 5) is 27.4. The number of thioether (sulfide) groups is 1. The molecule has 1 amide bonds. The van der Waals surface area contributed by atoms with Crippen LogP contribution in [0.5, 0.6) is 0 Å². The number of aryl methyl sites for hydroxylation is 3. The molecule has 2 aromatic heterocycles. The number of anilines is 1. The number of rotatable bonds is 4. The Morgan fingerprint density at radius 3 is 2.93 bits per heavy atom. The van der Waals surface area contributed by atoms with Gasteiger partial charge in [0.15, 0.2) is 5.16 Å². The zero-order chi connectivity index (χ0) is 19.0. The summed E-state index contributed by atoms with van der Waals surface area (Å²) in [7, 11) is 0. The molecular weight excluding hydrogens is 362 g/mol. The molecule has 7 nitrogen and oxygen atoms in total. The Balaban J connectivity index is 1.55. The first kappa shape index (κ1) is 17.8. The molecule has 0 fully saturated rings. The molecule has 0 spiro atoms. The number of aromatic amines is 1. The number of hydrogen-bond acceptors (Lipinski definition) is 5. The van der Waals surface area contributed by atoms with Gasteiger partial charge in [-0.05, 0) is 56.7 Å². The van der Waals surface area contributed by atoms with Crippen molar-refractivity contribution in [2.45, 2.75) is 44.7 Å². The summed E-state index contributed by atoms with van der Waals surface area (Å²) in [6.45, 7) is 3.97. The predicted octanol–water partition coefficient (Wildman–Crippen LogP) is 2.64. The molecule has 0 unspecified atom stereocenters. The third kappa shape index (κ3) is 3.49. The largest absolute Gasteiger partial charge is 0.325 e. The Morgan fingerprint density at radius 2 is 2.07 bits per heavy atom. The van der Waals surface area contributed by atoms with E-state index < -0.39 is 0 Å². The molecular formula is C19H21N5O2S. The first-order valence-electron chi connectivity index (χ1n) is 9.02. The standard InChI is InChI=1S/C19H21N5O2S/c1-11-7-8-12(2)14(9-11)20-16(25)10-27-19-23-22-18-21-17(26)13-5-3-4-6-15(13)24(18)19/h7-9H,3-6,10H2,1-2H3,(H,20,25)(H,21,22,26). The lowest BCUT2D eigenvalue weighted by atomic mass is 9.97. The Kier molecular flexibility index (Phi) is 4.73. The van der Waals surface area contributed by atoms with Crippen molar-refractivity contribution in [1.82, 2.24) is 19.6 Å². The molecule has 0 aliphatic heterocycles. The number of benzene rings is 1. The van der Waals surface area contributed by atoms with E-state index in [1.54, 1.807) is 0 Å². The molecule has 3 aromatic rings. The molecule has 27 heavy (non-hydrogen) atoms. The zero-order valence-corrected chi connectivity index (χ0v) is 16.2. The molecule has 0 bridgehead atoms. The Labute approximate surface area is 160 Å². The summed E-state index contributed by atoms with van der Waals surface area (Å²) in [5.74, 6) is 0.573. The lowest BCUT2D eigenvalue weighted by molar-refractivity contribution is -0.113. The van der Waals surface area contributed by atoms with Gasteiger partial charge in [0.25, 0.3) is 5.56 Å². The summed E-state index contributed by atoms with van der Waals surface area (Å²) in [5.41, 5.74) is 4.67. The number of amides is 1. The topological polar surface area (TPSA) is 92.2 Å². The van der Waals surface area contributed by atoms with Crippen LogP contribution in [0.3, 0.4) is 0 Å². The molecule has 0 radical (unpaired) electrons. The first-order chi connectivity index (χ1) is 13.0. The lowest BCUT2D eigenvalue weighted by Gasteiger charge is -2.16. The molecule has 0 saturated heterocycles. The van der Waals surface area contributed by atoms with Gasteiger partial charge in [0.05, 0.1) is 5.75 Å². The minimum Gasteiger partial charge on any atom is -0.325 e. The quantitative estimate of drug-likeness (QED) is 0.676. The Bertz CT molecular complexity index is 1090. The van der Waals surface area contributed by atoms with Crippen LogP contribution >= 0.6 is 11.8 Å². The summed E-state index contributed by atoms with van der Waals surface area (Å²) in [5, 5.41) is 11.9. The van der Waals surface area contributed by atoms with Gasteiger partial charge in [-0.2, -0.15) is 0 Å². The van der Waals surface area contributed by atoms with Gasteiger partial charge >= 0.3 is 0 Å². The zero-order valence-electron chi connectivity index (χ0n) is 15.3. The van der Waals surface area contributed by atoms with Gasteiger partial charge in [-0.25, -0.2) is 0 Å². The summed E-state index contributed by atoms with van der Waals surface area (Å²) >= 11 is 1.33. The van der Waals surface area contributed by atoms with Gasteiger partial charge < -0.3 is 5.32 Å². The minimum atomic E-state index is -0.0938. The number of nitrogens with one attached hydrogen (secondary N) is 2. The highest BCUT2D eigenvalue weighted by molar-refractivity contribution is 7.99. The van der Waals surface area contributed by atoms with Gasteiger partial charge in [0.2, 0.25) is 11.7 Å². The molecule has 8 heteroatoms. The normalized spacial score (nSPS) is 13.6. The molecule has 4 rings (SSSR count). The number of carbonyl (C=O) groups is 1. The minimum absolute atomic E-state index is 0.0752. The fourth-order valence-electron chi connectivity index (χ4n) is 3.43. The average molecular weight is 383 g/mol. The monoisotopic (exact) mass is 383 g/mol. The molecule has 140 valence electrons. The fourth-order valence-corrected chi connectivity index (χ4v) is 4.19. The van der Waals surface area contributed by atoms with Gasteiger partial charge in [-0.1, -0.05) is 23.9 Å². The van der Waals surface area contributed by atoms with Crippen molar-refractivity contribution >= 4 is 29.1 Å². The molecule has 2 heterocycles. The molecule has 1 aromatic carbocycles. The molecule has 1 aliphatic carbocycles. The van der Waals surface area contributed by atoms with E-state index in [0.717, 1.165) is 53.8 Å². The van der Waals surface area contributed by atoms with Crippen molar-refractivity contribution in [1.29, 1.82) is 0 Å². The SMILES string of the molecule is Cc1ccc(C)c(NC(=O)CSc2nnc3[nH]c(=O)c4c(n23)CCCC4)c1. The van der Waals surface area contributed by atoms with Crippen LogP contribution in [0.1, 0.15) is 35.2 Å². The van der Waals surface area contributed by atoms with Crippen LogP contribution < -0.4 is 10.9 Å². The maximum atomic E-state index is 12.4. The number of aromatic nitrogens is 4. The average Bonchev–Trinajstić information content (AvgIpc) is 3.06. The number of hydrogen-bond donors (Lipinski definition) is 2. The van der Waals surface area contributed by atoms with E-state index in [4.69, 9.17) is 0 Å². The summed E-state index contributed by atoms with van der Waals surface area (Å²) in [6, 6.07) is 5.98. The first-order valence-corrected chi connectivity index (χ1v) is 10.0. The van der Waals surface area contributed by atoms with Crippen LogP contribution in [0.15, 0.2) is 28.2 Å². The van der Waals surface area contributed by atoms with Crippen LogP contribution in [0.25, 0.3) is 5.78 Å². The highest BCUT2D eigenvalue weighted by atomic mass is 32.2. The molecule has 2 N–H and O–H groups in total. The van der Waals surface area contributed by atoms with E-state index in [2.05, 4.69) is 20.5 Å². The number of fused-ring (bicyclic) bond motifs is 3. The van der Waals surface area contributed by atoms with Gasteiger partial charge in [0.1, 0.15) is 0 Å². The molecule has 0 saturated carbocycles. The Hall–Kier alpha value is -2.61. The number of H-pyrrole nitrogens is 1. The molecule has 0 atom stereocenters. The van der Waals surface area contributed by atoms with E-state index in [9.17, 15) is 9.59 Å². The number of carbonyl (C=O) groups excluding carboxylic acids is 1. The second kappa shape index (κ2) is 7.19. The van der Waals surface area contributed by atoms with Crippen LogP contribution in [-0.4, -0.2) is 31.2 Å². The second-order valence-corrected chi connectivity index (χ2v) is 7.83.